The maximum Gasteiger partial charge on any atom is 0.133 e. The Kier molecular flexibility index (Phi) is 18.9. The standard InChI is InChI=1S/C29H50N2O4/c1-2-3-4-5-6-7-8-9-10-11-12-13-14-15-16-18-27(32)19-17-20-28(33)22-25(29(34)35)21-26-23-30-24-31-26/h23-25H,2-22H2,1H3,(H,30,31)(H,34,35)/p-1. The zero-order chi connectivity index (χ0) is 25.6. The van der Waals surface area contributed by atoms with Crippen molar-refractivity contribution in [3.05, 3.63) is 18.2 Å². The van der Waals surface area contributed by atoms with Crippen LogP contribution in [0.1, 0.15) is 141 Å². The number of H-pyrrole nitrogens is 1. The van der Waals surface area contributed by atoms with Crippen molar-refractivity contribution in [1.29, 1.82) is 0 Å². The number of carboxylic acid groups (broad SMARTS) is 1. The fourth-order valence-corrected chi connectivity index (χ4v) is 4.58. The summed E-state index contributed by atoms with van der Waals surface area (Å²) in [5, 5.41) is 11.3. The third-order valence-electron chi connectivity index (χ3n) is 6.80. The van der Waals surface area contributed by atoms with Gasteiger partial charge in [-0.1, -0.05) is 96.8 Å². The molecule has 35 heavy (non-hydrogen) atoms. The van der Waals surface area contributed by atoms with Crippen LogP contribution in [0.25, 0.3) is 0 Å². The molecule has 1 aromatic heterocycles. The third-order valence-corrected chi connectivity index (χ3v) is 6.80. The summed E-state index contributed by atoms with van der Waals surface area (Å²) in [7, 11) is 0. The van der Waals surface area contributed by atoms with Crippen molar-refractivity contribution in [2.75, 3.05) is 0 Å². The van der Waals surface area contributed by atoms with Crippen LogP contribution >= 0.6 is 0 Å². The van der Waals surface area contributed by atoms with Crippen molar-refractivity contribution in [3.8, 4) is 0 Å². The molecule has 0 saturated carbocycles. The molecule has 0 spiro atoms. The first-order chi connectivity index (χ1) is 17.0. The fourth-order valence-electron chi connectivity index (χ4n) is 4.58. The minimum Gasteiger partial charge on any atom is -0.550 e. The second-order valence-electron chi connectivity index (χ2n) is 10.1. The largest absolute Gasteiger partial charge is 0.550 e. The Balaban J connectivity index is 1.91. The molecule has 0 bridgehead atoms. The molecule has 6 heteroatoms. The first-order valence-electron chi connectivity index (χ1n) is 14.2. The van der Waals surface area contributed by atoms with E-state index in [2.05, 4.69) is 16.9 Å². The lowest BCUT2D eigenvalue weighted by Gasteiger charge is -2.16. The molecule has 1 heterocycles. The molecule has 1 atom stereocenters. The normalized spacial score (nSPS) is 12.0. The van der Waals surface area contributed by atoms with E-state index in [0.29, 0.717) is 25.0 Å². The van der Waals surface area contributed by atoms with Crippen molar-refractivity contribution in [3.63, 3.8) is 0 Å². The van der Waals surface area contributed by atoms with Crippen LogP contribution in [-0.4, -0.2) is 27.5 Å². The number of nitrogens with one attached hydrogen (secondary N) is 1. The number of aliphatic carboxylic acids is 1. The predicted molar refractivity (Wildman–Crippen MR) is 139 cm³/mol. The van der Waals surface area contributed by atoms with E-state index in [9.17, 15) is 19.5 Å². The number of nitrogens with zero attached hydrogens (tertiary/aromatic N) is 1. The van der Waals surface area contributed by atoms with Gasteiger partial charge in [0.2, 0.25) is 0 Å². The number of rotatable bonds is 25. The van der Waals surface area contributed by atoms with E-state index in [0.717, 1.165) is 12.8 Å². The smallest absolute Gasteiger partial charge is 0.133 e. The molecule has 1 rings (SSSR count). The molecule has 0 aromatic carbocycles. The Bertz CT molecular complexity index is 672. The number of hydrogen-bond donors (Lipinski definition) is 1. The fraction of sp³-hybridized carbons (Fsp3) is 0.793. The zero-order valence-corrected chi connectivity index (χ0v) is 22.2. The lowest BCUT2D eigenvalue weighted by molar-refractivity contribution is -0.311. The highest BCUT2D eigenvalue weighted by molar-refractivity contribution is 5.84. The highest BCUT2D eigenvalue weighted by atomic mass is 16.4. The van der Waals surface area contributed by atoms with Crippen LogP contribution in [0.4, 0.5) is 0 Å². The minimum absolute atomic E-state index is 0.0609. The monoisotopic (exact) mass is 489 g/mol. The number of ketones is 2. The quantitative estimate of drug-likeness (QED) is 0.163. The topological polar surface area (TPSA) is 103 Å². The number of Topliss-reactive ketones (excluding diaryl/α,β-unsaturated/α-hetero) is 2. The Morgan fingerprint density at radius 1 is 0.743 bits per heavy atom. The molecular formula is C29H49N2O4-. The molecule has 0 radical (unpaired) electrons. The van der Waals surface area contributed by atoms with Gasteiger partial charge in [0.05, 0.1) is 6.33 Å². The molecule has 6 nitrogen and oxygen atoms in total. The van der Waals surface area contributed by atoms with Gasteiger partial charge in [-0.3, -0.25) is 9.59 Å². The van der Waals surface area contributed by atoms with Crippen LogP contribution in [0, 0.1) is 5.92 Å². The Hall–Kier alpha value is -1.98. The number of unbranched alkanes of at least 4 members (excludes halogenated alkanes) is 14. The average Bonchev–Trinajstić information content (AvgIpc) is 3.34. The molecule has 200 valence electrons. The summed E-state index contributed by atoms with van der Waals surface area (Å²) >= 11 is 0. The Morgan fingerprint density at radius 2 is 1.23 bits per heavy atom. The lowest BCUT2D eigenvalue weighted by Crippen LogP contribution is -2.34. The van der Waals surface area contributed by atoms with Crippen molar-refractivity contribution in [2.24, 2.45) is 5.92 Å². The molecule has 1 unspecified atom stereocenters. The molecule has 0 aliphatic rings. The number of carbonyl (C=O) groups excluding carboxylic acids is 3. The molecule has 0 saturated heterocycles. The van der Waals surface area contributed by atoms with E-state index >= 15 is 0 Å². The molecular weight excluding hydrogens is 440 g/mol. The molecule has 0 aliphatic heterocycles. The van der Waals surface area contributed by atoms with Crippen LogP contribution in [0.5, 0.6) is 0 Å². The lowest BCUT2D eigenvalue weighted by atomic mass is 9.95. The van der Waals surface area contributed by atoms with Crippen molar-refractivity contribution < 1.29 is 19.5 Å². The number of carboxylic acids is 1. The highest BCUT2D eigenvalue weighted by Crippen LogP contribution is 2.15. The van der Waals surface area contributed by atoms with E-state index < -0.39 is 11.9 Å². The second kappa shape index (κ2) is 21.3. The van der Waals surface area contributed by atoms with Gasteiger partial charge in [0.15, 0.2) is 0 Å². The molecule has 1 N–H and O–H groups in total. The Morgan fingerprint density at radius 3 is 1.71 bits per heavy atom. The van der Waals surface area contributed by atoms with E-state index in [1.165, 1.54) is 89.8 Å². The van der Waals surface area contributed by atoms with Crippen molar-refractivity contribution in [2.45, 2.75) is 142 Å². The van der Waals surface area contributed by atoms with Crippen molar-refractivity contribution in [1.82, 2.24) is 9.97 Å². The summed E-state index contributed by atoms with van der Waals surface area (Å²) in [6, 6.07) is 0. The van der Waals surface area contributed by atoms with Gasteiger partial charge < -0.3 is 14.9 Å². The summed E-state index contributed by atoms with van der Waals surface area (Å²) < 4.78 is 0. The summed E-state index contributed by atoms with van der Waals surface area (Å²) in [5.74, 6) is -2.00. The van der Waals surface area contributed by atoms with Crippen molar-refractivity contribution >= 4 is 17.5 Å². The molecule has 0 amide bonds. The predicted octanol–water partition coefficient (Wildman–Crippen LogP) is 6.28. The van der Waals surface area contributed by atoms with Crippen LogP contribution in [0.15, 0.2) is 12.5 Å². The van der Waals surface area contributed by atoms with Gasteiger partial charge in [-0.25, -0.2) is 4.98 Å². The van der Waals surface area contributed by atoms with Gasteiger partial charge in [0.1, 0.15) is 11.6 Å². The van der Waals surface area contributed by atoms with Gasteiger partial charge in [-0.2, -0.15) is 0 Å². The SMILES string of the molecule is CCCCCCCCCCCCCCCCCC(=O)CCCC(=O)CC(Cc1cnc[nH]1)C(=O)[O-]. The first-order valence-corrected chi connectivity index (χ1v) is 14.2. The number of aromatic nitrogens is 2. The summed E-state index contributed by atoms with van der Waals surface area (Å²) in [6.07, 6.45) is 24.5. The summed E-state index contributed by atoms with van der Waals surface area (Å²) in [4.78, 5) is 42.2. The van der Waals surface area contributed by atoms with E-state index in [4.69, 9.17) is 0 Å². The van der Waals surface area contributed by atoms with E-state index in [-0.39, 0.29) is 30.8 Å². The second-order valence-corrected chi connectivity index (χ2v) is 10.1. The average molecular weight is 490 g/mol. The highest BCUT2D eigenvalue weighted by Gasteiger charge is 2.17. The van der Waals surface area contributed by atoms with Gasteiger partial charge >= 0.3 is 0 Å². The number of aromatic amines is 1. The first kappa shape index (κ1) is 31.1. The van der Waals surface area contributed by atoms with Gasteiger partial charge in [-0.15, -0.1) is 0 Å². The molecule has 1 aromatic rings. The van der Waals surface area contributed by atoms with E-state index in [1.54, 1.807) is 6.20 Å². The Labute approximate surface area is 213 Å². The van der Waals surface area contributed by atoms with Crippen LogP contribution in [-0.2, 0) is 20.8 Å². The van der Waals surface area contributed by atoms with Gasteiger partial charge in [0.25, 0.3) is 0 Å². The van der Waals surface area contributed by atoms with Gasteiger partial charge in [-0.05, 0) is 19.3 Å². The molecule has 0 aliphatic carbocycles. The van der Waals surface area contributed by atoms with Crippen LogP contribution < -0.4 is 5.11 Å². The maximum absolute atomic E-state index is 12.1. The van der Waals surface area contributed by atoms with Crippen LogP contribution in [0.2, 0.25) is 0 Å². The zero-order valence-electron chi connectivity index (χ0n) is 22.2. The number of carbonyl (C=O) groups is 3. The summed E-state index contributed by atoms with van der Waals surface area (Å²) in [5.41, 5.74) is 0.672. The number of imidazole rings is 1. The maximum atomic E-state index is 12.1. The summed E-state index contributed by atoms with van der Waals surface area (Å²) in [6.45, 7) is 2.26. The third kappa shape index (κ3) is 18.0. The van der Waals surface area contributed by atoms with Crippen LogP contribution in [0.3, 0.4) is 0 Å². The van der Waals surface area contributed by atoms with E-state index in [1.807, 2.05) is 0 Å². The van der Waals surface area contributed by atoms with Gasteiger partial charge in [0, 0.05) is 49.5 Å². The minimum atomic E-state index is -1.22. The number of hydrogen-bond acceptors (Lipinski definition) is 5. The molecule has 0 fully saturated rings.